The van der Waals surface area contributed by atoms with Crippen LogP contribution >= 0.6 is 0 Å². The molecule has 0 saturated heterocycles. The third-order valence-corrected chi connectivity index (χ3v) is 13.5. The quantitative estimate of drug-likeness (QED) is 0.394. The van der Waals surface area contributed by atoms with E-state index in [2.05, 4.69) is 41.2 Å². The van der Waals surface area contributed by atoms with Crippen LogP contribution in [-0.4, -0.2) is 29.2 Å². The van der Waals surface area contributed by atoms with E-state index in [4.69, 9.17) is 0 Å². The number of hydrogen-bond donors (Lipinski definition) is 2. The zero-order chi connectivity index (χ0) is 24.0. The van der Waals surface area contributed by atoms with E-state index in [1.807, 2.05) is 0 Å². The van der Waals surface area contributed by atoms with Crippen molar-refractivity contribution in [1.29, 1.82) is 0 Å². The van der Waals surface area contributed by atoms with Gasteiger partial charge in [0.15, 0.2) is 0 Å². The SMILES string of the molecule is C=C(C=O)[C@@H]1CC[C@]2(CO)CC[C@]3(C)[C@H](CCC4[C@@]5(C)CCC(O)C(C)(C)C5CC[C@]43C)[C@@H]12. The van der Waals surface area contributed by atoms with Gasteiger partial charge in [-0.2, -0.15) is 0 Å². The van der Waals surface area contributed by atoms with Gasteiger partial charge in [-0.1, -0.05) is 41.2 Å². The smallest absolute Gasteiger partial charge is 0.145 e. The van der Waals surface area contributed by atoms with Crippen molar-refractivity contribution in [3.05, 3.63) is 12.2 Å². The van der Waals surface area contributed by atoms with Crippen LogP contribution in [0.15, 0.2) is 12.2 Å². The van der Waals surface area contributed by atoms with Crippen LogP contribution in [0.1, 0.15) is 98.8 Å². The Labute approximate surface area is 201 Å². The number of aliphatic hydroxyl groups is 2. The van der Waals surface area contributed by atoms with E-state index < -0.39 is 0 Å². The van der Waals surface area contributed by atoms with Crippen LogP contribution in [0.25, 0.3) is 0 Å². The molecule has 0 aromatic heterocycles. The fraction of sp³-hybridized carbons (Fsp3) is 0.900. The number of allylic oxidation sites excluding steroid dienone is 1. The summed E-state index contributed by atoms with van der Waals surface area (Å²) in [6.07, 6.45) is 12.2. The fourth-order valence-corrected chi connectivity index (χ4v) is 11.5. The largest absolute Gasteiger partial charge is 0.396 e. The van der Waals surface area contributed by atoms with E-state index in [1.165, 1.54) is 32.1 Å². The van der Waals surface area contributed by atoms with Gasteiger partial charge >= 0.3 is 0 Å². The van der Waals surface area contributed by atoms with Crippen molar-refractivity contribution >= 4 is 6.29 Å². The minimum atomic E-state index is -0.180. The van der Waals surface area contributed by atoms with Gasteiger partial charge in [0, 0.05) is 6.61 Å². The predicted molar refractivity (Wildman–Crippen MR) is 132 cm³/mol. The lowest BCUT2D eigenvalue weighted by molar-refractivity contribution is -0.249. The molecule has 5 fully saturated rings. The van der Waals surface area contributed by atoms with Gasteiger partial charge in [-0.3, -0.25) is 4.79 Å². The Morgan fingerprint density at radius 1 is 0.879 bits per heavy atom. The zero-order valence-corrected chi connectivity index (χ0v) is 21.8. The second-order valence-electron chi connectivity index (χ2n) is 14.4. The number of carbonyl (C=O) groups is 1. The molecule has 3 unspecified atom stereocenters. The molecular weight excluding hydrogens is 408 g/mol. The molecule has 186 valence electrons. The van der Waals surface area contributed by atoms with E-state index in [-0.39, 0.29) is 45.7 Å². The van der Waals surface area contributed by atoms with Gasteiger partial charge in [0.25, 0.3) is 0 Å². The number of hydrogen-bond acceptors (Lipinski definition) is 3. The standard InChI is InChI=1S/C30H48O3/c1-19(17-31)20-9-14-30(18-32)16-15-28(5)21(25(20)30)7-8-23-27(4)12-11-24(33)26(2,3)22(27)10-13-29(23,28)6/h17,20-25,32-33H,1,7-16,18H2,2-6H3/t20-,21+,22?,23?,24?,25+,27-,28+,29+,30+/m0/s1. The van der Waals surface area contributed by atoms with Crippen LogP contribution in [0.2, 0.25) is 0 Å². The van der Waals surface area contributed by atoms with Gasteiger partial charge < -0.3 is 10.2 Å². The maximum atomic E-state index is 11.8. The third kappa shape index (κ3) is 2.85. The van der Waals surface area contributed by atoms with Gasteiger partial charge in [0.2, 0.25) is 0 Å². The van der Waals surface area contributed by atoms with Crippen molar-refractivity contribution in [2.75, 3.05) is 6.61 Å². The van der Waals surface area contributed by atoms with E-state index in [1.54, 1.807) is 0 Å². The lowest BCUT2D eigenvalue weighted by Crippen LogP contribution is -2.66. The van der Waals surface area contributed by atoms with Crippen LogP contribution in [0.4, 0.5) is 0 Å². The molecule has 5 aliphatic rings. The number of aldehydes is 1. The summed E-state index contributed by atoms with van der Waals surface area (Å²) in [5.74, 6) is 2.47. The summed E-state index contributed by atoms with van der Waals surface area (Å²) in [6.45, 7) is 16.9. The van der Waals surface area contributed by atoms with E-state index in [0.29, 0.717) is 23.7 Å². The Bertz CT molecular complexity index is 832. The number of carbonyl (C=O) groups excluding carboxylic acids is 1. The summed E-state index contributed by atoms with van der Waals surface area (Å²) in [5.41, 5.74) is 1.54. The first-order chi connectivity index (χ1) is 15.4. The molecule has 5 saturated carbocycles. The van der Waals surface area contributed by atoms with Crippen LogP contribution in [0.5, 0.6) is 0 Å². The third-order valence-electron chi connectivity index (χ3n) is 13.5. The first-order valence-corrected chi connectivity index (χ1v) is 13.8. The molecule has 33 heavy (non-hydrogen) atoms. The van der Waals surface area contributed by atoms with Crippen LogP contribution in [-0.2, 0) is 4.79 Å². The van der Waals surface area contributed by atoms with Crippen molar-refractivity contribution < 1.29 is 15.0 Å². The second kappa shape index (κ2) is 7.42. The average Bonchev–Trinajstić information content (AvgIpc) is 3.17. The molecule has 0 amide bonds. The van der Waals surface area contributed by atoms with E-state index in [9.17, 15) is 15.0 Å². The highest BCUT2D eigenvalue weighted by Gasteiger charge is 2.70. The van der Waals surface area contributed by atoms with Gasteiger partial charge in [0.05, 0.1) is 6.10 Å². The first kappa shape index (κ1) is 24.0. The molecule has 5 rings (SSSR count). The van der Waals surface area contributed by atoms with Gasteiger partial charge in [-0.25, -0.2) is 0 Å². The van der Waals surface area contributed by atoms with Crippen molar-refractivity contribution in [1.82, 2.24) is 0 Å². The fourth-order valence-electron chi connectivity index (χ4n) is 11.5. The lowest BCUT2D eigenvalue weighted by atomic mass is 9.32. The summed E-state index contributed by atoms with van der Waals surface area (Å²) < 4.78 is 0. The molecule has 5 aliphatic carbocycles. The number of aliphatic hydroxyl groups excluding tert-OH is 2. The van der Waals surface area contributed by atoms with Crippen molar-refractivity contribution in [2.45, 2.75) is 105 Å². The number of rotatable bonds is 3. The Kier molecular flexibility index (Phi) is 5.40. The Balaban J connectivity index is 1.55. The minimum Gasteiger partial charge on any atom is -0.396 e. The lowest BCUT2D eigenvalue weighted by Gasteiger charge is -2.73. The van der Waals surface area contributed by atoms with Gasteiger partial charge in [0.1, 0.15) is 6.29 Å². The molecular formula is C30H48O3. The Morgan fingerprint density at radius 3 is 2.27 bits per heavy atom. The van der Waals surface area contributed by atoms with Crippen LogP contribution < -0.4 is 0 Å². The maximum absolute atomic E-state index is 11.8. The van der Waals surface area contributed by atoms with Crippen molar-refractivity contribution in [3.8, 4) is 0 Å². The Hall–Kier alpha value is -0.670. The normalized spacial score (nSPS) is 55.0. The topological polar surface area (TPSA) is 57.5 Å². The molecule has 2 N–H and O–H groups in total. The van der Waals surface area contributed by atoms with Crippen molar-refractivity contribution in [3.63, 3.8) is 0 Å². The van der Waals surface area contributed by atoms with Gasteiger partial charge in [-0.15, -0.1) is 0 Å². The highest BCUT2D eigenvalue weighted by Crippen LogP contribution is 2.77. The molecule has 0 aliphatic heterocycles. The summed E-state index contributed by atoms with van der Waals surface area (Å²) in [6, 6.07) is 0. The molecule has 0 aromatic carbocycles. The van der Waals surface area contributed by atoms with E-state index >= 15 is 0 Å². The molecule has 0 bridgehead atoms. The predicted octanol–water partition coefficient (Wildman–Crippen LogP) is 6.18. The van der Waals surface area contributed by atoms with Gasteiger partial charge in [-0.05, 0) is 126 Å². The molecule has 0 aromatic rings. The molecule has 0 radical (unpaired) electrons. The zero-order valence-electron chi connectivity index (χ0n) is 21.8. The minimum absolute atomic E-state index is 0.0110. The highest BCUT2D eigenvalue weighted by molar-refractivity contribution is 5.73. The molecule has 3 nitrogen and oxygen atoms in total. The summed E-state index contributed by atoms with van der Waals surface area (Å²) in [4.78, 5) is 11.8. The molecule has 3 heteroatoms. The second-order valence-corrected chi connectivity index (χ2v) is 14.4. The average molecular weight is 457 g/mol. The monoisotopic (exact) mass is 456 g/mol. The first-order valence-electron chi connectivity index (χ1n) is 13.8. The molecule has 0 spiro atoms. The summed E-state index contributed by atoms with van der Waals surface area (Å²) in [5, 5.41) is 21.5. The van der Waals surface area contributed by atoms with E-state index in [0.717, 1.165) is 44.0 Å². The summed E-state index contributed by atoms with van der Waals surface area (Å²) >= 11 is 0. The maximum Gasteiger partial charge on any atom is 0.145 e. The van der Waals surface area contributed by atoms with Crippen LogP contribution in [0.3, 0.4) is 0 Å². The number of fused-ring (bicyclic) bond motifs is 7. The molecule has 10 atom stereocenters. The summed E-state index contributed by atoms with van der Waals surface area (Å²) in [7, 11) is 0. The van der Waals surface area contributed by atoms with Crippen LogP contribution in [0, 0.1) is 56.7 Å². The van der Waals surface area contributed by atoms with Crippen molar-refractivity contribution in [2.24, 2.45) is 56.7 Å². The Morgan fingerprint density at radius 2 is 1.61 bits per heavy atom. The highest BCUT2D eigenvalue weighted by atomic mass is 16.3. The molecule has 0 heterocycles.